The van der Waals surface area contributed by atoms with Crippen LogP contribution in [0.2, 0.25) is 0 Å². The van der Waals surface area contributed by atoms with Crippen LogP contribution in [0.3, 0.4) is 0 Å². The van der Waals surface area contributed by atoms with Crippen molar-refractivity contribution in [1.82, 2.24) is 10.2 Å². The van der Waals surface area contributed by atoms with Gasteiger partial charge in [-0.2, -0.15) is 5.10 Å². The minimum absolute atomic E-state index is 0.962. The van der Waals surface area contributed by atoms with Crippen molar-refractivity contribution in [1.29, 1.82) is 0 Å². The van der Waals surface area contributed by atoms with Crippen LogP contribution in [-0.4, -0.2) is 10.2 Å². The van der Waals surface area contributed by atoms with E-state index in [1.165, 1.54) is 22.3 Å². The molecule has 0 saturated heterocycles. The summed E-state index contributed by atoms with van der Waals surface area (Å²) >= 11 is 0. The van der Waals surface area contributed by atoms with Gasteiger partial charge in [0.05, 0.1) is 11.2 Å². The summed E-state index contributed by atoms with van der Waals surface area (Å²) in [5, 5.41) is 8.73. The van der Waals surface area contributed by atoms with Crippen LogP contribution < -0.4 is 0 Å². The first-order valence-electron chi connectivity index (χ1n) is 8.08. The molecule has 24 heavy (non-hydrogen) atoms. The summed E-state index contributed by atoms with van der Waals surface area (Å²) < 4.78 is 0. The van der Waals surface area contributed by atoms with E-state index in [0.29, 0.717) is 0 Å². The van der Waals surface area contributed by atoms with Gasteiger partial charge in [0, 0.05) is 5.39 Å². The van der Waals surface area contributed by atoms with Crippen LogP contribution in [0, 0.1) is 6.92 Å². The number of aromatic nitrogens is 2. The van der Waals surface area contributed by atoms with Gasteiger partial charge in [0.1, 0.15) is 0 Å². The second-order valence-corrected chi connectivity index (χ2v) is 5.98. The van der Waals surface area contributed by atoms with Crippen molar-refractivity contribution < 1.29 is 0 Å². The highest BCUT2D eigenvalue weighted by Gasteiger charge is 2.05. The fraction of sp³-hybridized carbons (Fsp3) is 0.0455. The molecule has 0 spiro atoms. The average molecular weight is 310 g/mol. The van der Waals surface area contributed by atoms with Crippen LogP contribution in [-0.2, 0) is 0 Å². The molecule has 0 unspecified atom stereocenters. The standard InChI is InChI=1S/C22H18N2/c1-16-7-10-18(11-8-16)19-12-13-20-21(23-24-22(20)15-19)14-9-17-5-3-2-4-6-17/h2-15H,1H3,(H,23,24)/b14-9+. The first kappa shape index (κ1) is 14.5. The van der Waals surface area contributed by atoms with E-state index in [4.69, 9.17) is 0 Å². The molecule has 4 aromatic rings. The number of hydrogen-bond acceptors (Lipinski definition) is 1. The van der Waals surface area contributed by atoms with E-state index >= 15 is 0 Å². The Morgan fingerprint density at radius 2 is 1.54 bits per heavy atom. The van der Waals surface area contributed by atoms with Crippen molar-refractivity contribution in [3.63, 3.8) is 0 Å². The summed E-state index contributed by atoms with van der Waals surface area (Å²) in [4.78, 5) is 0. The highest BCUT2D eigenvalue weighted by atomic mass is 15.1. The molecule has 2 heteroatoms. The monoisotopic (exact) mass is 310 g/mol. The first-order valence-corrected chi connectivity index (χ1v) is 8.08. The third kappa shape index (κ3) is 2.86. The Kier molecular flexibility index (Phi) is 3.72. The summed E-state index contributed by atoms with van der Waals surface area (Å²) in [5.41, 5.74) is 6.88. The van der Waals surface area contributed by atoms with Gasteiger partial charge in [-0.3, -0.25) is 5.10 Å². The zero-order chi connectivity index (χ0) is 16.4. The molecule has 1 N–H and O–H groups in total. The molecule has 0 atom stereocenters. The molecule has 1 aromatic heterocycles. The summed E-state index contributed by atoms with van der Waals surface area (Å²) in [7, 11) is 0. The molecule has 4 rings (SSSR count). The number of H-pyrrole nitrogens is 1. The fourth-order valence-corrected chi connectivity index (χ4v) is 2.83. The Labute approximate surface area is 141 Å². The third-order valence-corrected chi connectivity index (χ3v) is 4.21. The molecule has 0 fully saturated rings. The van der Waals surface area contributed by atoms with Gasteiger partial charge in [-0.1, -0.05) is 72.3 Å². The Morgan fingerprint density at radius 3 is 2.33 bits per heavy atom. The van der Waals surface area contributed by atoms with Crippen molar-refractivity contribution in [2.24, 2.45) is 0 Å². The minimum atomic E-state index is 0.962. The molecule has 0 radical (unpaired) electrons. The molecule has 2 nitrogen and oxygen atoms in total. The smallest absolute Gasteiger partial charge is 0.0927 e. The number of rotatable bonds is 3. The second-order valence-electron chi connectivity index (χ2n) is 5.98. The molecule has 0 saturated carbocycles. The molecule has 0 aliphatic rings. The van der Waals surface area contributed by atoms with Crippen molar-refractivity contribution in [2.45, 2.75) is 6.92 Å². The lowest BCUT2D eigenvalue weighted by atomic mass is 10.0. The maximum absolute atomic E-state index is 4.45. The van der Waals surface area contributed by atoms with Crippen LogP contribution in [0.4, 0.5) is 0 Å². The van der Waals surface area contributed by atoms with E-state index in [9.17, 15) is 0 Å². The van der Waals surface area contributed by atoms with Crippen LogP contribution in [0.5, 0.6) is 0 Å². The second kappa shape index (κ2) is 6.17. The largest absolute Gasteiger partial charge is 0.277 e. The lowest BCUT2D eigenvalue weighted by Crippen LogP contribution is -1.79. The van der Waals surface area contributed by atoms with Gasteiger partial charge in [-0.05, 0) is 41.8 Å². The molecule has 0 amide bonds. The number of aromatic amines is 1. The molecule has 3 aromatic carbocycles. The highest BCUT2D eigenvalue weighted by Crippen LogP contribution is 2.26. The molecule has 0 bridgehead atoms. The van der Waals surface area contributed by atoms with Gasteiger partial charge >= 0.3 is 0 Å². The van der Waals surface area contributed by atoms with Crippen molar-refractivity contribution in [2.75, 3.05) is 0 Å². The summed E-state index contributed by atoms with van der Waals surface area (Å²) in [6.07, 6.45) is 4.14. The Balaban J connectivity index is 1.68. The van der Waals surface area contributed by atoms with Gasteiger partial charge in [0.15, 0.2) is 0 Å². The van der Waals surface area contributed by atoms with E-state index in [-0.39, 0.29) is 0 Å². The normalized spacial score (nSPS) is 11.4. The van der Waals surface area contributed by atoms with E-state index in [1.54, 1.807) is 0 Å². The van der Waals surface area contributed by atoms with Gasteiger partial charge in [0.25, 0.3) is 0 Å². The lowest BCUT2D eigenvalue weighted by Gasteiger charge is -2.02. The number of nitrogens with one attached hydrogen (secondary N) is 1. The zero-order valence-corrected chi connectivity index (χ0v) is 13.5. The molecular formula is C22H18N2. The Hall–Kier alpha value is -3.13. The summed E-state index contributed by atoms with van der Waals surface area (Å²) in [6.45, 7) is 2.10. The van der Waals surface area contributed by atoms with Crippen molar-refractivity contribution >= 4 is 23.1 Å². The van der Waals surface area contributed by atoms with Crippen LogP contribution in [0.1, 0.15) is 16.8 Å². The lowest BCUT2D eigenvalue weighted by molar-refractivity contribution is 1.11. The number of benzene rings is 3. The predicted octanol–water partition coefficient (Wildman–Crippen LogP) is 5.71. The number of aryl methyl sites for hydroxylation is 1. The molecule has 116 valence electrons. The van der Waals surface area contributed by atoms with Crippen LogP contribution >= 0.6 is 0 Å². The molecule has 0 aliphatic carbocycles. The van der Waals surface area contributed by atoms with Crippen LogP contribution in [0.25, 0.3) is 34.2 Å². The average Bonchev–Trinajstić information content (AvgIpc) is 3.04. The fourth-order valence-electron chi connectivity index (χ4n) is 2.83. The number of nitrogens with zero attached hydrogens (tertiary/aromatic N) is 1. The maximum Gasteiger partial charge on any atom is 0.0927 e. The van der Waals surface area contributed by atoms with E-state index in [0.717, 1.165) is 16.6 Å². The molecule has 1 heterocycles. The maximum atomic E-state index is 4.45. The van der Waals surface area contributed by atoms with Gasteiger partial charge in [-0.15, -0.1) is 0 Å². The van der Waals surface area contributed by atoms with Gasteiger partial charge in [-0.25, -0.2) is 0 Å². The van der Waals surface area contributed by atoms with E-state index in [2.05, 4.69) is 83.9 Å². The number of fused-ring (bicyclic) bond motifs is 1. The number of hydrogen-bond donors (Lipinski definition) is 1. The summed E-state index contributed by atoms with van der Waals surface area (Å²) in [5.74, 6) is 0. The van der Waals surface area contributed by atoms with Crippen LogP contribution in [0.15, 0.2) is 72.8 Å². The van der Waals surface area contributed by atoms with E-state index in [1.807, 2.05) is 18.2 Å². The SMILES string of the molecule is Cc1ccc(-c2ccc3c(/C=C/c4ccccc4)n[nH]c3c2)cc1. The molecule has 0 aliphatic heterocycles. The summed E-state index contributed by atoms with van der Waals surface area (Å²) in [6, 6.07) is 25.3. The third-order valence-electron chi connectivity index (χ3n) is 4.21. The quantitative estimate of drug-likeness (QED) is 0.516. The minimum Gasteiger partial charge on any atom is -0.277 e. The first-order chi connectivity index (χ1) is 11.8. The van der Waals surface area contributed by atoms with Crippen molar-refractivity contribution in [3.05, 3.63) is 89.6 Å². The van der Waals surface area contributed by atoms with Gasteiger partial charge < -0.3 is 0 Å². The topological polar surface area (TPSA) is 28.7 Å². The molecular weight excluding hydrogens is 292 g/mol. The Morgan fingerprint density at radius 1 is 0.792 bits per heavy atom. The van der Waals surface area contributed by atoms with Gasteiger partial charge in [0.2, 0.25) is 0 Å². The zero-order valence-electron chi connectivity index (χ0n) is 13.5. The Bertz CT molecular complexity index is 993. The predicted molar refractivity (Wildman–Crippen MR) is 102 cm³/mol. The van der Waals surface area contributed by atoms with E-state index < -0.39 is 0 Å². The highest BCUT2D eigenvalue weighted by molar-refractivity contribution is 5.92. The van der Waals surface area contributed by atoms with Crippen molar-refractivity contribution in [3.8, 4) is 11.1 Å².